The van der Waals surface area contributed by atoms with E-state index in [-0.39, 0.29) is 23.2 Å². The van der Waals surface area contributed by atoms with Crippen molar-refractivity contribution in [3.8, 4) is 0 Å². The summed E-state index contributed by atoms with van der Waals surface area (Å²) < 4.78 is 5.50. The monoisotopic (exact) mass is 260 g/mol. The van der Waals surface area contributed by atoms with Crippen LogP contribution in [0.2, 0.25) is 0 Å². The van der Waals surface area contributed by atoms with Gasteiger partial charge in [0.1, 0.15) is 0 Å². The van der Waals surface area contributed by atoms with E-state index in [9.17, 15) is 9.59 Å². The molecule has 3 amide bonds. The fraction of sp³-hybridized carbons (Fsp3) is 0.818. The molecule has 0 aromatic rings. The minimum absolute atomic E-state index is 0.153. The molecule has 5 nitrogen and oxygen atoms in total. The number of thioether (sulfide) groups is 1. The molecule has 2 atom stereocenters. The van der Waals surface area contributed by atoms with E-state index >= 15 is 0 Å². The maximum absolute atomic E-state index is 11.7. The standard InChI is InChI=1S/C11H20N2O3S/c1-7(2)9(10(14)13-11(12)15)17-6-8-4-3-5-16-8/h7-9H,3-6H2,1-2H3,(H3,12,13,14,15). The molecular formula is C11H20N2O3S. The van der Waals surface area contributed by atoms with Gasteiger partial charge < -0.3 is 10.5 Å². The lowest BCUT2D eigenvalue weighted by atomic mass is 10.1. The molecule has 0 bridgehead atoms. The Kier molecular flexibility index (Phi) is 5.77. The van der Waals surface area contributed by atoms with Crippen molar-refractivity contribution in [2.45, 2.75) is 38.0 Å². The lowest BCUT2D eigenvalue weighted by Gasteiger charge is -2.20. The Hall–Kier alpha value is -0.750. The van der Waals surface area contributed by atoms with Gasteiger partial charge in [0.25, 0.3) is 0 Å². The molecule has 98 valence electrons. The lowest BCUT2D eigenvalue weighted by Crippen LogP contribution is -2.42. The van der Waals surface area contributed by atoms with Crippen molar-refractivity contribution in [1.82, 2.24) is 5.32 Å². The second kappa shape index (κ2) is 6.86. The molecule has 0 aromatic carbocycles. The first-order valence-corrected chi connectivity index (χ1v) is 6.89. The number of ether oxygens (including phenoxy) is 1. The summed E-state index contributed by atoms with van der Waals surface area (Å²) in [5.41, 5.74) is 4.94. The van der Waals surface area contributed by atoms with Crippen LogP contribution in [0.3, 0.4) is 0 Å². The summed E-state index contributed by atoms with van der Waals surface area (Å²) in [7, 11) is 0. The molecule has 0 aromatic heterocycles. The van der Waals surface area contributed by atoms with Crippen molar-refractivity contribution in [2.75, 3.05) is 12.4 Å². The Morgan fingerprint density at radius 2 is 2.24 bits per heavy atom. The first-order chi connectivity index (χ1) is 8.00. The average Bonchev–Trinajstić information content (AvgIpc) is 2.68. The van der Waals surface area contributed by atoms with Crippen LogP contribution in [-0.4, -0.2) is 35.7 Å². The van der Waals surface area contributed by atoms with Crippen molar-refractivity contribution in [3.05, 3.63) is 0 Å². The van der Waals surface area contributed by atoms with Gasteiger partial charge in [-0.2, -0.15) is 0 Å². The summed E-state index contributed by atoms with van der Waals surface area (Å²) >= 11 is 1.53. The van der Waals surface area contributed by atoms with E-state index in [1.807, 2.05) is 13.8 Å². The normalized spacial score (nSPS) is 21.5. The van der Waals surface area contributed by atoms with Crippen molar-refractivity contribution >= 4 is 23.7 Å². The Balaban J connectivity index is 2.41. The molecule has 17 heavy (non-hydrogen) atoms. The van der Waals surface area contributed by atoms with Gasteiger partial charge in [-0.25, -0.2) is 4.79 Å². The number of amides is 3. The Morgan fingerprint density at radius 1 is 1.53 bits per heavy atom. The fourth-order valence-electron chi connectivity index (χ4n) is 1.75. The molecule has 0 aliphatic carbocycles. The van der Waals surface area contributed by atoms with Gasteiger partial charge in [-0.3, -0.25) is 10.1 Å². The maximum atomic E-state index is 11.7. The van der Waals surface area contributed by atoms with E-state index in [0.717, 1.165) is 25.2 Å². The van der Waals surface area contributed by atoms with Crippen LogP contribution in [0, 0.1) is 5.92 Å². The van der Waals surface area contributed by atoms with Crippen molar-refractivity contribution in [3.63, 3.8) is 0 Å². The number of nitrogens with two attached hydrogens (primary N) is 1. The molecule has 0 spiro atoms. The number of carbonyl (C=O) groups is 2. The molecule has 1 heterocycles. The van der Waals surface area contributed by atoms with Crippen LogP contribution >= 0.6 is 11.8 Å². The van der Waals surface area contributed by atoms with Crippen molar-refractivity contribution in [1.29, 1.82) is 0 Å². The van der Waals surface area contributed by atoms with Gasteiger partial charge in [0.2, 0.25) is 5.91 Å². The average molecular weight is 260 g/mol. The summed E-state index contributed by atoms with van der Waals surface area (Å²) in [5.74, 6) is 0.630. The van der Waals surface area contributed by atoms with Gasteiger partial charge >= 0.3 is 6.03 Å². The summed E-state index contributed by atoms with van der Waals surface area (Å²) in [6.07, 6.45) is 2.38. The first-order valence-electron chi connectivity index (χ1n) is 5.84. The van der Waals surface area contributed by atoms with Gasteiger partial charge in [-0.1, -0.05) is 13.8 Å². The third kappa shape index (κ3) is 4.95. The highest BCUT2D eigenvalue weighted by atomic mass is 32.2. The van der Waals surface area contributed by atoms with Crippen molar-refractivity contribution < 1.29 is 14.3 Å². The fourth-order valence-corrected chi connectivity index (χ4v) is 3.03. The van der Waals surface area contributed by atoms with Crippen LogP contribution in [0.25, 0.3) is 0 Å². The molecule has 6 heteroatoms. The van der Waals surface area contributed by atoms with Crippen LogP contribution in [0.15, 0.2) is 0 Å². The molecular weight excluding hydrogens is 240 g/mol. The smallest absolute Gasteiger partial charge is 0.318 e. The number of urea groups is 1. The number of hydrogen-bond acceptors (Lipinski definition) is 4. The van der Waals surface area contributed by atoms with E-state index in [2.05, 4.69) is 5.32 Å². The van der Waals surface area contributed by atoms with Gasteiger partial charge in [0.05, 0.1) is 11.4 Å². The number of hydrogen-bond donors (Lipinski definition) is 2. The second-order valence-corrected chi connectivity index (χ2v) is 5.66. The number of primary amides is 1. The van der Waals surface area contributed by atoms with E-state index in [1.165, 1.54) is 11.8 Å². The molecule has 1 aliphatic rings. The predicted octanol–water partition coefficient (Wildman–Crippen LogP) is 1.12. The number of nitrogens with one attached hydrogen (secondary N) is 1. The summed E-state index contributed by atoms with van der Waals surface area (Å²) in [6, 6.07) is -0.793. The molecule has 1 fully saturated rings. The maximum Gasteiger partial charge on any atom is 0.318 e. The van der Waals surface area contributed by atoms with Crippen LogP contribution in [-0.2, 0) is 9.53 Å². The quantitative estimate of drug-likeness (QED) is 0.776. The molecule has 1 aliphatic heterocycles. The zero-order valence-electron chi connectivity index (χ0n) is 10.3. The largest absolute Gasteiger partial charge is 0.377 e. The predicted molar refractivity (Wildman–Crippen MR) is 67.8 cm³/mol. The first kappa shape index (κ1) is 14.3. The SMILES string of the molecule is CC(C)C(SCC1CCCO1)C(=O)NC(N)=O. The van der Waals surface area contributed by atoms with E-state index in [0.29, 0.717) is 0 Å². The number of rotatable bonds is 5. The topological polar surface area (TPSA) is 81.4 Å². The molecule has 2 unspecified atom stereocenters. The van der Waals surface area contributed by atoms with Crippen molar-refractivity contribution in [2.24, 2.45) is 11.7 Å². The zero-order chi connectivity index (χ0) is 12.8. The van der Waals surface area contributed by atoms with Crippen LogP contribution < -0.4 is 11.1 Å². The third-order valence-electron chi connectivity index (χ3n) is 2.60. The Morgan fingerprint density at radius 3 is 2.71 bits per heavy atom. The lowest BCUT2D eigenvalue weighted by molar-refractivity contribution is -0.120. The van der Waals surface area contributed by atoms with Gasteiger partial charge in [-0.15, -0.1) is 11.8 Å². The minimum Gasteiger partial charge on any atom is -0.377 e. The second-order valence-electron chi connectivity index (χ2n) is 4.49. The van der Waals surface area contributed by atoms with Gasteiger partial charge in [0, 0.05) is 12.4 Å². The Bertz CT molecular complexity index is 278. The van der Waals surface area contributed by atoms with Crippen LogP contribution in [0.4, 0.5) is 4.79 Å². The summed E-state index contributed by atoms with van der Waals surface area (Å²) in [6.45, 7) is 4.71. The number of imide groups is 1. The number of carbonyl (C=O) groups excluding carboxylic acids is 2. The zero-order valence-corrected chi connectivity index (χ0v) is 11.1. The van der Waals surface area contributed by atoms with E-state index < -0.39 is 6.03 Å². The van der Waals surface area contributed by atoms with Crippen LogP contribution in [0.5, 0.6) is 0 Å². The molecule has 0 radical (unpaired) electrons. The highest BCUT2D eigenvalue weighted by Crippen LogP contribution is 2.24. The van der Waals surface area contributed by atoms with Gasteiger partial charge in [0.15, 0.2) is 0 Å². The highest BCUT2D eigenvalue weighted by Gasteiger charge is 2.26. The summed E-state index contributed by atoms with van der Waals surface area (Å²) in [4.78, 5) is 22.4. The van der Waals surface area contributed by atoms with Crippen LogP contribution in [0.1, 0.15) is 26.7 Å². The molecule has 1 rings (SSSR count). The Labute approximate surface area is 106 Å². The van der Waals surface area contributed by atoms with E-state index in [4.69, 9.17) is 10.5 Å². The van der Waals surface area contributed by atoms with E-state index in [1.54, 1.807) is 0 Å². The molecule has 3 N–H and O–H groups in total. The third-order valence-corrected chi connectivity index (χ3v) is 4.28. The minimum atomic E-state index is -0.793. The molecule has 0 saturated carbocycles. The highest BCUT2D eigenvalue weighted by molar-refractivity contribution is 8.00. The van der Waals surface area contributed by atoms with Gasteiger partial charge in [-0.05, 0) is 18.8 Å². The molecule has 1 saturated heterocycles. The summed E-state index contributed by atoms with van der Waals surface area (Å²) in [5, 5.41) is 1.88.